The number of rotatable bonds is 7. The molecule has 11 heteroatoms. The topological polar surface area (TPSA) is 133 Å². The third-order valence-electron chi connectivity index (χ3n) is 7.01. The molecule has 2 aliphatic rings. The molecule has 0 bridgehead atoms. The zero-order chi connectivity index (χ0) is 25.7. The van der Waals surface area contributed by atoms with Crippen molar-refractivity contribution in [1.29, 1.82) is 0 Å². The van der Waals surface area contributed by atoms with Gasteiger partial charge in [-0.25, -0.2) is 4.98 Å². The largest absolute Gasteiger partial charge is 0.450 e. The molecule has 0 radical (unpaired) electrons. The van der Waals surface area contributed by atoms with Crippen LogP contribution in [0.25, 0.3) is 16.9 Å². The van der Waals surface area contributed by atoms with Gasteiger partial charge in [-0.15, -0.1) is 0 Å². The van der Waals surface area contributed by atoms with E-state index in [0.29, 0.717) is 57.4 Å². The Morgan fingerprint density at radius 1 is 1.27 bits per heavy atom. The van der Waals surface area contributed by atoms with E-state index in [1.807, 2.05) is 18.3 Å². The first-order valence-electron chi connectivity index (χ1n) is 12.2. The van der Waals surface area contributed by atoms with Gasteiger partial charge in [-0.05, 0) is 55.4 Å². The smallest absolute Gasteiger partial charge is 0.274 e. The van der Waals surface area contributed by atoms with E-state index in [0.717, 1.165) is 24.8 Å². The highest BCUT2D eigenvalue weighted by Gasteiger charge is 2.33. The first kappa shape index (κ1) is 23.5. The van der Waals surface area contributed by atoms with Crippen molar-refractivity contribution in [3.63, 3.8) is 0 Å². The molecule has 2 aliphatic carbocycles. The maximum absolute atomic E-state index is 13.4. The van der Waals surface area contributed by atoms with Gasteiger partial charge in [0.05, 0.1) is 18.3 Å². The average molecular weight is 520 g/mol. The van der Waals surface area contributed by atoms with Crippen LogP contribution >= 0.6 is 11.6 Å². The summed E-state index contributed by atoms with van der Waals surface area (Å²) in [5.41, 5.74) is 8.55. The molecule has 6 rings (SSSR count). The molecular formula is C26H26ClN7O3. The summed E-state index contributed by atoms with van der Waals surface area (Å²) in [7, 11) is 1.78. The summed E-state index contributed by atoms with van der Waals surface area (Å²) in [6.07, 6.45) is 9.50. The number of imidazole rings is 1. The van der Waals surface area contributed by atoms with E-state index in [2.05, 4.69) is 20.3 Å². The molecule has 190 valence electrons. The van der Waals surface area contributed by atoms with Gasteiger partial charge in [0.2, 0.25) is 5.95 Å². The molecule has 37 heavy (non-hydrogen) atoms. The van der Waals surface area contributed by atoms with Gasteiger partial charge < -0.3 is 30.0 Å². The van der Waals surface area contributed by atoms with Crippen LogP contribution in [0.3, 0.4) is 0 Å². The van der Waals surface area contributed by atoms with E-state index in [1.54, 1.807) is 34.5 Å². The summed E-state index contributed by atoms with van der Waals surface area (Å²) < 4.78 is 9.35. The number of anilines is 2. The highest BCUT2D eigenvalue weighted by atomic mass is 35.5. The normalized spacial score (nSPS) is 19.6. The Balaban J connectivity index is 1.35. The standard InChI is InChI=1S/C26H26ClN7O3/c1-33-23-22(27)21(37-20(11-28)16-4-2-3-9-29-16)12-30-24(23)32-26(33)31-17-10-15(14-5-6-14)13-34(25(17)36)18-7-8-19(18)35/h2-4,9-14,18-19,35H,5-8,28H2,1H3,(H,30,31,32)/b20-11+/t18-,19-/m0/s1. The van der Waals surface area contributed by atoms with Crippen LogP contribution in [0.2, 0.25) is 5.02 Å². The lowest BCUT2D eigenvalue weighted by Gasteiger charge is -2.34. The van der Waals surface area contributed by atoms with Gasteiger partial charge in [0.25, 0.3) is 5.56 Å². The minimum Gasteiger partial charge on any atom is -0.450 e. The van der Waals surface area contributed by atoms with Gasteiger partial charge in [0.1, 0.15) is 21.9 Å². The highest BCUT2D eigenvalue weighted by Crippen LogP contribution is 2.42. The fourth-order valence-electron chi connectivity index (χ4n) is 4.60. The summed E-state index contributed by atoms with van der Waals surface area (Å²) in [5.74, 6) is 1.47. The second kappa shape index (κ2) is 9.20. The summed E-state index contributed by atoms with van der Waals surface area (Å²) in [6.45, 7) is 0. The van der Waals surface area contributed by atoms with Crippen LogP contribution in [-0.4, -0.2) is 35.3 Å². The van der Waals surface area contributed by atoms with E-state index in [1.165, 1.54) is 12.4 Å². The quantitative estimate of drug-likeness (QED) is 0.314. The number of fused-ring (bicyclic) bond motifs is 1. The summed E-state index contributed by atoms with van der Waals surface area (Å²) in [4.78, 5) is 26.6. The van der Waals surface area contributed by atoms with Crippen LogP contribution in [0, 0.1) is 0 Å². The molecule has 0 aliphatic heterocycles. The van der Waals surface area contributed by atoms with Gasteiger partial charge in [-0.1, -0.05) is 17.7 Å². The molecule has 0 unspecified atom stereocenters. The summed E-state index contributed by atoms with van der Waals surface area (Å²) in [5, 5.41) is 13.7. The van der Waals surface area contributed by atoms with Crippen LogP contribution in [-0.2, 0) is 7.05 Å². The molecule has 4 aromatic heterocycles. The van der Waals surface area contributed by atoms with Crippen LogP contribution in [0.1, 0.15) is 48.9 Å². The predicted octanol–water partition coefficient (Wildman–Crippen LogP) is 3.83. The number of pyridine rings is 3. The van der Waals surface area contributed by atoms with Crippen molar-refractivity contribution in [3.8, 4) is 5.75 Å². The number of hydrogen-bond donors (Lipinski definition) is 3. The Bertz CT molecular complexity index is 1580. The maximum Gasteiger partial charge on any atom is 0.274 e. The third-order valence-corrected chi connectivity index (χ3v) is 7.38. The SMILES string of the molecule is Cn1c(Nc2cc(C3CC3)cn([C@H]3CC[C@@H]3O)c2=O)nc2ncc(O/C(=C/N)c3ccccn3)c(Cl)c21. The predicted molar refractivity (Wildman–Crippen MR) is 141 cm³/mol. The van der Waals surface area contributed by atoms with E-state index in [-0.39, 0.29) is 11.6 Å². The van der Waals surface area contributed by atoms with Gasteiger partial charge >= 0.3 is 0 Å². The van der Waals surface area contributed by atoms with Gasteiger partial charge in [-0.2, -0.15) is 4.98 Å². The number of aliphatic hydroxyl groups excluding tert-OH is 1. The van der Waals surface area contributed by atoms with E-state index in [9.17, 15) is 9.90 Å². The van der Waals surface area contributed by atoms with E-state index >= 15 is 0 Å². The molecule has 2 saturated carbocycles. The second-order valence-corrected chi connectivity index (χ2v) is 9.84. The number of ether oxygens (including phenoxy) is 1. The Morgan fingerprint density at radius 2 is 2.11 bits per heavy atom. The number of hydrogen-bond acceptors (Lipinski definition) is 8. The summed E-state index contributed by atoms with van der Waals surface area (Å²) in [6, 6.07) is 7.08. The number of nitrogens with one attached hydrogen (secondary N) is 1. The van der Waals surface area contributed by atoms with E-state index < -0.39 is 6.10 Å². The van der Waals surface area contributed by atoms with Crippen LogP contribution in [0.15, 0.2) is 53.9 Å². The minimum atomic E-state index is -0.504. The lowest BCUT2D eigenvalue weighted by atomic mass is 9.88. The lowest BCUT2D eigenvalue weighted by molar-refractivity contribution is 0.0299. The molecule has 0 spiro atoms. The molecule has 2 fully saturated rings. The van der Waals surface area contributed by atoms with Crippen LogP contribution in [0.4, 0.5) is 11.6 Å². The third kappa shape index (κ3) is 4.21. The van der Waals surface area contributed by atoms with Crippen molar-refractivity contribution in [1.82, 2.24) is 24.1 Å². The Labute approximate surface area is 217 Å². The molecule has 0 aromatic carbocycles. The molecule has 10 nitrogen and oxygen atoms in total. The van der Waals surface area contributed by atoms with Crippen molar-refractivity contribution in [2.45, 2.75) is 43.7 Å². The lowest BCUT2D eigenvalue weighted by Crippen LogP contribution is -2.39. The minimum absolute atomic E-state index is 0.198. The first-order chi connectivity index (χ1) is 17.9. The number of aromatic nitrogens is 5. The number of nitrogens with two attached hydrogens (primary N) is 1. The molecule has 4 N–H and O–H groups in total. The van der Waals surface area contributed by atoms with Crippen molar-refractivity contribution < 1.29 is 9.84 Å². The molecular weight excluding hydrogens is 494 g/mol. The maximum atomic E-state index is 13.4. The number of aryl methyl sites for hydroxylation is 1. The molecule has 4 aromatic rings. The van der Waals surface area contributed by atoms with Crippen molar-refractivity contribution in [2.75, 3.05) is 5.32 Å². The average Bonchev–Trinajstić information content (AvgIpc) is 3.70. The second-order valence-electron chi connectivity index (χ2n) is 9.46. The summed E-state index contributed by atoms with van der Waals surface area (Å²) >= 11 is 6.73. The van der Waals surface area contributed by atoms with Gasteiger partial charge in [0, 0.05) is 25.6 Å². The zero-order valence-corrected chi connectivity index (χ0v) is 20.9. The fourth-order valence-corrected chi connectivity index (χ4v) is 4.90. The molecule has 0 amide bonds. The van der Waals surface area contributed by atoms with Gasteiger partial charge in [-0.3, -0.25) is 9.78 Å². The monoisotopic (exact) mass is 519 g/mol. The Morgan fingerprint density at radius 3 is 2.76 bits per heavy atom. The molecule has 0 saturated heterocycles. The Hall–Kier alpha value is -3.89. The van der Waals surface area contributed by atoms with Crippen molar-refractivity contribution in [3.05, 3.63) is 75.7 Å². The van der Waals surface area contributed by atoms with Gasteiger partial charge in [0.15, 0.2) is 17.2 Å². The zero-order valence-electron chi connectivity index (χ0n) is 20.1. The van der Waals surface area contributed by atoms with Crippen LogP contribution < -0.4 is 21.3 Å². The highest BCUT2D eigenvalue weighted by molar-refractivity contribution is 6.36. The molecule has 4 heterocycles. The number of aliphatic hydroxyl groups is 1. The van der Waals surface area contributed by atoms with E-state index in [4.69, 9.17) is 22.1 Å². The Kier molecular flexibility index (Phi) is 5.85. The number of nitrogens with zero attached hydrogens (tertiary/aromatic N) is 5. The van der Waals surface area contributed by atoms with Crippen molar-refractivity contribution >= 4 is 40.2 Å². The number of halogens is 1. The van der Waals surface area contributed by atoms with Crippen LogP contribution in [0.5, 0.6) is 5.75 Å². The van der Waals surface area contributed by atoms with Crippen molar-refractivity contribution in [2.24, 2.45) is 12.8 Å². The molecule has 2 atom stereocenters. The fraction of sp³-hybridized carbons (Fsp3) is 0.308. The first-order valence-corrected chi connectivity index (χ1v) is 12.6.